The van der Waals surface area contributed by atoms with Crippen molar-refractivity contribution in [3.8, 4) is 0 Å². The predicted molar refractivity (Wildman–Crippen MR) is 72.0 cm³/mol. The maximum absolute atomic E-state index is 5.35. The van der Waals surface area contributed by atoms with Gasteiger partial charge in [-0.2, -0.15) is 5.10 Å². The number of aromatic amines is 1. The molecule has 0 unspecified atom stereocenters. The van der Waals surface area contributed by atoms with Gasteiger partial charge >= 0.3 is 0 Å². The highest BCUT2D eigenvalue weighted by atomic mass is 32.1. The zero-order valence-electron chi connectivity index (χ0n) is 10.2. The molecular formula is C12H13N5S. The van der Waals surface area contributed by atoms with Crippen LogP contribution in [0.3, 0.4) is 0 Å². The second-order valence-electron chi connectivity index (χ2n) is 4.37. The minimum Gasteiger partial charge on any atom is -0.331 e. The van der Waals surface area contributed by atoms with E-state index in [2.05, 4.69) is 40.2 Å². The van der Waals surface area contributed by atoms with Crippen molar-refractivity contribution < 1.29 is 0 Å². The lowest BCUT2D eigenvalue weighted by molar-refractivity contribution is 0.707. The highest BCUT2D eigenvalue weighted by Crippen LogP contribution is 2.16. The topological polar surface area (TPSA) is 51.4 Å². The average Bonchev–Trinajstić information content (AvgIpc) is 2.84. The monoisotopic (exact) mass is 259 g/mol. The Labute approximate surface area is 109 Å². The van der Waals surface area contributed by atoms with Gasteiger partial charge in [0.15, 0.2) is 10.6 Å². The summed E-state index contributed by atoms with van der Waals surface area (Å²) in [4.78, 5) is 7.44. The fourth-order valence-electron chi connectivity index (χ4n) is 2.03. The number of aryl methyl sites for hydroxylation is 2. The predicted octanol–water partition coefficient (Wildman–Crippen LogP) is 2.18. The molecule has 0 amide bonds. The fourth-order valence-corrected chi connectivity index (χ4v) is 2.31. The Morgan fingerprint density at radius 2 is 2.22 bits per heavy atom. The number of hydrogen-bond acceptors (Lipinski definition) is 3. The lowest BCUT2D eigenvalue weighted by atomic mass is 10.2. The molecule has 0 fully saturated rings. The summed E-state index contributed by atoms with van der Waals surface area (Å²) in [5.74, 6) is 0.759. The number of H-pyrrole nitrogens is 1. The van der Waals surface area contributed by atoms with Crippen molar-refractivity contribution in [1.82, 2.24) is 24.3 Å². The lowest BCUT2D eigenvalue weighted by Crippen LogP contribution is -2.02. The number of imidazole rings is 1. The number of nitrogens with one attached hydrogen (secondary N) is 1. The van der Waals surface area contributed by atoms with Gasteiger partial charge in [-0.15, -0.1) is 0 Å². The van der Waals surface area contributed by atoms with Crippen molar-refractivity contribution in [2.45, 2.75) is 13.5 Å². The standard InChI is InChI=1S/C12H13N5S/c1-8-3-4-10-9(5-8)14-12(18)17(10)6-11-13-7-16(2)15-11/h3-5,7H,6H2,1-2H3,(H,14,18). The minimum atomic E-state index is 0.586. The molecular weight excluding hydrogens is 246 g/mol. The quantitative estimate of drug-likeness (QED) is 0.718. The lowest BCUT2D eigenvalue weighted by Gasteiger charge is -2.01. The van der Waals surface area contributed by atoms with E-state index in [-0.39, 0.29) is 0 Å². The molecule has 0 saturated carbocycles. The summed E-state index contributed by atoms with van der Waals surface area (Å²) in [6.07, 6.45) is 1.69. The third kappa shape index (κ3) is 1.84. The molecule has 0 aliphatic heterocycles. The molecule has 3 aromatic rings. The van der Waals surface area contributed by atoms with Gasteiger partial charge in [0.05, 0.1) is 17.6 Å². The van der Waals surface area contributed by atoms with Crippen LogP contribution in [-0.4, -0.2) is 24.3 Å². The number of fused-ring (bicyclic) bond motifs is 1. The maximum Gasteiger partial charge on any atom is 0.178 e. The van der Waals surface area contributed by atoms with E-state index < -0.39 is 0 Å². The summed E-state index contributed by atoms with van der Waals surface area (Å²) in [6, 6.07) is 6.24. The van der Waals surface area contributed by atoms with Crippen LogP contribution in [-0.2, 0) is 13.6 Å². The van der Waals surface area contributed by atoms with Crippen molar-refractivity contribution in [2.75, 3.05) is 0 Å². The Morgan fingerprint density at radius 3 is 2.94 bits per heavy atom. The second-order valence-corrected chi connectivity index (χ2v) is 4.76. The van der Waals surface area contributed by atoms with Gasteiger partial charge in [0.2, 0.25) is 0 Å². The summed E-state index contributed by atoms with van der Waals surface area (Å²) in [6.45, 7) is 2.65. The Hall–Kier alpha value is -1.95. The first-order valence-electron chi connectivity index (χ1n) is 5.67. The molecule has 18 heavy (non-hydrogen) atoms. The van der Waals surface area contributed by atoms with Crippen LogP contribution >= 0.6 is 12.2 Å². The van der Waals surface area contributed by atoms with E-state index in [1.54, 1.807) is 11.0 Å². The summed E-state index contributed by atoms with van der Waals surface area (Å²) in [5, 5.41) is 4.28. The molecule has 0 bridgehead atoms. The zero-order chi connectivity index (χ0) is 12.7. The molecule has 5 nitrogen and oxygen atoms in total. The van der Waals surface area contributed by atoms with Crippen LogP contribution in [0.5, 0.6) is 0 Å². The SMILES string of the molecule is Cc1ccc2c(c1)[nH]c(=S)n2Cc1ncn(C)n1. The van der Waals surface area contributed by atoms with Crippen LogP contribution in [0.4, 0.5) is 0 Å². The van der Waals surface area contributed by atoms with Gasteiger partial charge in [0.1, 0.15) is 6.33 Å². The summed E-state index contributed by atoms with van der Waals surface area (Å²) < 4.78 is 4.40. The third-order valence-electron chi connectivity index (χ3n) is 2.88. The normalized spacial score (nSPS) is 11.2. The van der Waals surface area contributed by atoms with Crippen LogP contribution in [0, 0.1) is 11.7 Å². The first-order valence-corrected chi connectivity index (χ1v) is 6.08. The molecule has 0 aliphatic rings. The Balaban J connectivity index is 2.11. The molecule has 0 aliphatic carbocycles. The number of benzene rings is 1. The van der Waals surface area contributed by atoms with Crippen molar-refractivity contribution in [1.29, 1.82) is 0 Å². The second kappa shape index (κ2) is 4.06. The van der Waals surface area contributed by atoms with E-state index in [0.717, 1.165) is 16.9 Å². The fraction of sp³-hybridized carbons (Fsp3) is 0.250. The molecule has 92 valence electrons. The van der Waals surface area contributed by atoms with Gasteiger partial charge in [-0.25, -0.2) is 4.98 Å². The summed E-state index contributed by atoms with van der Waals surface area (Å²) in [7, 11) is 1.86. The maximum atomic E-state index is 5.35. The van der Waals surface area contributed by atoms with Crippen molar-refractivity contribution in [2.24, 2.45) is 7.05 Å². The van der Waals surface area contributed by atoms with Gasteiger partial charge in [-0.05, 0) is 36.8 Å². The van der Waals surface area contributed by atoms with Crippen LogP contribution < -0.4 is 0 Å². The van der Waals surface area contributed by atoms with Gasteiger partial charge in [0, 0.05) is 7.05 Å². The molecule has 1 N–H and O–H groups in total. The number of rotatable bonds is 2. The first kappa shape index (κ1) is 11.2. The molecule has 0 spiro atoms. The Kier molecular flexibility index (Phi) is 2.52. The smallest absolute Gasteiger partial charge is 0.178 e. The average molecular weight is 259 g/mol. The van der Waals surface area contributed by atoms with Crippen molar-refractivity contribution in [3.63, 3.8) is 0 Å². The summed E-state index contributed by atoms with van der Waals surface area (Å²) >= 11 is 5.35. The van der Waals surface area contributed by atoms with Crippen molar-refractivity contribution >= 4 is 23.3 Å². The van der Waals surface area contributed by atoms with E-state index in [0.29, 0.717) is 11.3 Å². The van der Waals surface area contributed by atoms with Gasteiger partial charge in [0.25, 0.3) is 0 Å². The van der Waals surface area contributed by atoms with Crippen LogP contribution in [0.15, 0.2) is 24.5 Å². The van der Waals surface area contributed by atoms with E-state index in [1.807, 2.05) is 11.6 Å². The molecule has 2 aromatic heterocycles. The van der Waals surface area contributed by atoms with E-state index in [4.69, 9.17) is 12.2 Å². The first-order chi connectivity index (χ1) is 8.63. The molecule has 6 heteroatoms. The molecule has 0 radical (unpaired) electrons. The molecule has 2 heterocycles. The molecule has 1 aromatic carbocycles. The Morgan fingerprint density at radius 1 is 1.39 bits per heavy atom. The summed E-state index contributed by atoms with van der Waals surface area (Å²) in [5.41, 5.74) is 3.34. The highest BCUT2D eigenvalue weighted by molar-refractivity contribution is 7.71. The van der Waals surface area contributed by atoms with Crippen LogP contribution in [0.25, 0.3) is 11.0 Å². The van der Waals surface area contributed by atoms with E-state index in [1.165, 1.54) is 5.56 Å². The number of aromatic nitrogens is 5. The molecule has 3 rings (SSSR count). The zero-order valence-corrected chi connectivity index (χ0v) is 11.0. The van der Waals surface area contributed by atoms with Gasteiger partial charge < -0.3 is 9.55 Å². The molecule has 0 atom stereocenters. The third-order valence-corrected chi connectivity index (χ3v) is 3.20. The van der Waals surface area contributed by atoms with E-state index in [9.17, 15) is 0 Å². The van der Waals surface area contributed by atoms with Crippen LogP contribution in [0.1, 0.15) is 11.4 Å². The highest BCUT2D eigenvalue weighted by Gasteiger charge is 2.07. The van der Waals surface area contributed by atoms with Crippen LogP contribution in [0.2, 0.25) is 0 Å². The van der Waals surface area contributed by atoms with Gasteiger partial charge in [-0.1, -0.05) is 6.07 Å². The molecule has 0 saturated heterocycles. The minimum absolute atomic E-state index is 0.586. The van der Waals surface area contributed by atoms with Gasteiger partial charge in [-0.3, -0.25) is 4.68 Å². The largest absolute Gasteiger partial charge is 0.331 e. The number of nitrogens with zero attached hydrogens (tertiary/aromatic N) is 4. The number of hydrogen-bond donors (Lipinski definition) is 1. The van der Waals surface area contributed by atoms with Crippen molar-refractivity contribution in [3.05, 3.63) is 40.7 Å². The van der Waals surface area contributed by atoms with E-state index >= 15 is 0 Å². The Bertz CT molecular complexity index is 764.